The summed E-state index contributed by atoms with van der Waals surface area (Å²) in [7, 11) is 0. The van der Waals surface area contributed by atoms with Gasteiger partial charge in [-0.05, 0) is 11.6 Å². The Morgan fingerprint density at radius 1 is 1.05 bits per heavy atom. The minimum absolute atomic E-state index is 0.118. The van der Waals surface area contributed by atoms with E-state index in [-0.39, 0.29) is 18.2 Å². The molecule has 0 unspecified atom stereocenters. The van der Waals surface area contributed by atoms with Crippen LogP contribution in [0.15, 0.2) is 30.3 Å². The summed E-state index contributed by atoms with van der Waals surface area (Å²) in [6.07, 6.45) is 0. The number of benzene rings is 2. The van der Waals surface area contributed by atoms with E-state index < -0.39 is 34.9 Å². The highest BCUT2D eigenvalue weighted by molar-refractivity contribution is 5.94. The second-order valence-corrected chi connectivity index (χ2v) is 4.22. The Morgan fingerprint density at radius 3 is 2.19 bits per heavy atom. The van der Waals surface area contributed by atoms with Crippen LogP contribution in [-0.4, -0.2) is 5.91 Å². The average molecular weight is 298 g/mol. The fraction of sp³-hybridized carbons (Fsp3) is 0.0714. The van der Waals surface area contributed by atoms with Gasteiger partial charge in [0.25, 0.3) is 0 Å². The molecule has 0 bridgehead atoms. The number of halogens is 4. The van der Waals surface area contributed by atoms with Gasteiger partial charge in [0.2, 0.25) is 5.91 Å². The summed E-state index contributed by atoms with van der Waals surface area (Å²) in [5.41, 5.74) is 4.70. The fourth-order valence-electron chi connectivity index (χ4n) is 1.83. The number of amides is 1. The first kappa shape index (κ1) is 14.8. The van der Waals surface area contributed by atoms with Gasteiger partial charge < -0.3 is 11.1 Å². The number of nitrogens with two attached hydrogens (primary N) is 1. The molecular formula is C14H10F4N2O. The summed E-state index contributed by atoms with van der Waals surface area (Å²) in [6, 6.07) is 6.19. The van der Waals surface area contributed by atoms with E-state index in [9.17, 15) is 22.4 Å². The Kier molecular flexibility index (Phi) is 4.11. The van der Waals surface area contributed by atoms with Gasteiger partial charge in [-0.3, -0.25) is 4.79 Å². The molecule has 0 fully saturated rings. The lowest BCUT2D eigenvalue weighted by atomic mass is 10.1. The van der Waals surface area contributed by atoms with Crippen molar-refractivity contribution in [3.63, 3.8) is 0 Å². The third-order valence-corrected chi connectivity index (χ3v) is 2.85. The molecular weight excluding hydrogens is 288 g/mol. The van der Waals surface area contributed by atoms with Gasteiger partial charge in [-0.1, -0.05) is 18.2 Å². The zero-order valence-corrected chi connectivity index (χ0v) is 10.6. The molecule has 1 amide bonds. The van der Waals surface area contributed by atoms with Crippen molar-refractivity contribution in [3.05, 3.63) is 64.7 Å². The highest BCUT2D eigenvalue weighted by atomic mass is 19.2. The van der Waals surface area contributed by atoms with E-state index in [1.165, 1.54) is 12.1 Å². The molecule has 0 radical (unpaired) electrons. The Balaban J connectivity index is 2.31. The molecule has 7 heteroatoms. The van der Waals surface area contributed by atoms with Crippen LogP contribution in [0.25, 0.3) is 0 Å². The largest absolute Gasteiger partial charge is 0.376 e. The number of carbonyl (C=O) groups is 1. The summed E-state index contributed by atoms with van der Waals surface area (Å²) in [5, 5.41) is 2.24. The van der Waals surface area contributed by atoms with Crippen molar-refractivity contribution < 1.29 is 22.4 Å². The highest BCUT2D eigenvalue weighted by Crippen LogP contribution is 2.25. The Morgan fingerprint density at radius 2 is 1.62 bits per heavy atom. The smallest absolute Gasteiger partial charge is 0.249 e. The molecule has 3 nitrogen and oxygen atoms in total. The quantitative estimate of drug-likeness (QED) is 0.673. The summed E-state index contributed by atoms with van der Waals surface area (Å²) >= 11 is 0. The topological polar surface area (TPSA) is 55.1 Å². The van der Waals surface area contributed by atoms with Crippen molar-refractivity contribution in [2.75, 3.05) is 5.32 Å². The molecule has 2 aromatic rings. The van der Waals surface area contributed by atoms with E-state index in [1.807, 2.05) is 0 Å². The maximum Gasteiger partial charge on any atom is 0.249 e. The van der Waals surface area contributed by atoms with Crippen LogP contribution in [0.5, 0.6) is 0 Å². The van der Waals surface area contributed by atoms with E-state index >= 15 is 0 Å². The van der Waals surface area contributed by atoms with E-state index in [2.05, 4.69) is 5.32 Å². The highest BCUT2D eigenvalue weighted by Gasteiger charge is 2.19. The van der Waals surface area contributed by atoms with Crippen molar-refractivity contribution in [2.45, 2.75) is 6.54 Å². The molecule has 0 aliphatic rings. The van der Waals surface area contributed by atoms with Crippen LogP contribution >= 0.6 is 0 Å². The average Bonchev–Trinajstić information content (AvgIpc) is 2.45. The molecule has 0 aromatic heterocycles. The summed E-state index contributed by atoms with van der Waals surface area (Å²) in [4.78, 5) is 11.2. The predicted molar refractivity (Wildman–Crippen MR) is 68.6 cm³/mol. The van der Waals surface area contributed by atoms with Crippen LogP contribution in [0.4, 0.5) is 23.2 Å². The number of carbonyl (C=O) groups excluding carboxylic acids is 1. The van der Waals surface area contributed by atoms with Gasteiger partial charge in [0, 0.05) is 18.2 Å². The predicted octanol–water partition coefficient (Wildman–Crippen LogP) is 2.95. The molecule has 0 saturated carbocycles. The third kappa shape index (κ3) is 2.96. The van der Waals surface area contributed by atoms with Crippen molar-refractivity contribution in [2.24, 2.45) is 5.73 Å². The van der Waals surface area contributed by atoms with Gasteiger partial charge in [0.15, 0.2) is 23.3 Å². The number of hydrogen-bond acceptors (Lipinski definition) is 2. The second-order valence-electron chi connectivity index (χ2n) is 4.22. The number of hydrogen-bond donors (Lipinski definition) is 2. The minimum atomic E-state index is -1.54. The second kappa shape index (κ2) is 5.82. The van der Waals surface area contributed by atoms with Crippen molar-refractivity contribution in [1.29, 1.82) is 0 Å². The van der Waals surface area contributed by atoms with Crippen LogP contribution in [0.1, 0.15) is 15.9 Å². The van der Waals surface area contributed by atoms with Crippen LogP contribution in [-0.2, 0) is 6.54 Å². The summed E-state index contributed by atoms with van der Waals surface area (Å²) in [6.45, 7) is -0.226. The van der Waals surface area contributed by atoms with Gasteiger partial charge in [-0.15, -0.1) is 0 Å². The lowest BCUT2D eigenvalue weighted by molar-refractivity contribution is 0.0999. The molecule has 21 heavy (non-hydrogen) atoms. The van der Waals surface area contributed by atoms with Crippen molar-refractivity contribution in [1.82, 2.24) is 0 Å². The van der Waals surface area contributed by atoms with Crippen LogP contribution in [0.3, 0.4) is 0 Å². The zero-order valence-electron chi connectivity index (χ0n) is 10.6. The van der Waals surface area contributed by atoms with E-state index in [4.69, 9.17) is 5.73 Å². The maximum atomic E-state index is 13.5. The summed E-state index contributed by atoms with van der Waals surface area (Å²) in [5.74, 6) is -6.83. The Labute approximate surface area is 117 Å². The van der Waals surface area contributed by atoms with E-state index in [0.29, 0.717) is 5.56 Å². The number of primary amides is 1. The molecule has 0 aliphatic heterocycles. The van der Waals surface area contributed by atoms with Crippen molar-refractivity contribution in [3.8, 4) is 0 Å². The van der Waals surface area contributed by atoms with Gasteiger partial charge in [-0.25, -0.2) is 17.6 Å². The molecule has 3 N–H and O–H groups in total. The SMILES string of the molecule is NC(=O)c1ccccc1CNc1c(F)c(F)cc(F)c1F. The summed E-state index contributed by atoms with van der Waals surface area (Å²) < 4.78 is 53.1. The lowest BCUT2D eigenvalue weighted by Gasteiger charge is -2.11. The zero-order chi connectivity index (χ0) is 15.6. The molecule has 110 valence electrons. The Hall–Kier alpha value is -2.57. The molecule has 0 heterocycles. The normalized spacial score (nSPS) is 10.5. The number of nitrogens with one attached hydrogen (secondary N) is 1. The maximum absolute atomic E-state index is 13.5. The number of rotatable bonds is 4. The standard InChI is InChI=1S/C14H10F4N2O/c15-9-5-10(16)12(18)13(11(9)17)20-6-7-3-1-2-4-8(7)14(19)21/h1-5,20H,6H2,(H2,19,21). The minimum Gasteiger partial charge on any atom is -0.376 e. The first-order valence-corrected chi connectivity index (χ1v) is 5.86. The molecule has 0 atom stereocenters. The van der Waals surface area contributed by atoms with Crippen LogP contribution < -0.4 is 11.1 Å². The van der Waals surface area contributed by atoms with E-state index in [0.717, 1.165) is 0 Å². The lowest BCUT2D eigenvalue weighted by Crippen LogP contribution is -2.16. The van der Waals surface area contributed by atoms with Crippen LogP contribution in [0.2, 0.25) is 0 Å². The van der Waals surface area contributed by atoms with Crippen molar-refractivity contribution >= 4 is 11.6 Å². The molecule has 0 aliphatic carbocycles. The third-order valence-electron chi connectivity index (χ3n) is 2.85. The monoisotopic (exact) mass is 298 g/mol. The molecule has 0 spiro atoms. The van der Waals surface area contributed by atoms with Gasteiger partial charge in [0.1, 0.15) is 5.69 Å². The van der Waals surface area contributed by atoms with Gasteiger partial charge in [0.05, 0.1) is 0 Å². The first-order valence-electron chi connectivity index (χ1n) is 5.86. The molecule has 2 aromatic carbocycles. The Bertz CT molecular complexity index is 677. The van der Waals surface area contributed by atoms with Gasteiger partial charge >= 0.3 is 0 Å². The molecule has 0 saturated heterocycles. The first-order chi connectivity index (χ1) is 9.91. The van der Waals surface area contributed by atoms with E-state index in [1.54, 1.807) is 12.1 Å². The fourth-order valence-corrected chi connectivity index (χ4v) is 1.83. The number of anilines is 1. The van der Waals surface area contributed by atoms with Gasteiger partial charge in [-0.2, -0.15) is 0 Å². The van der Waals surface area contributed by atoms with Crippen LogP contribution in [0, 0.1) is 23.3 Å². The molecule has 2 rings (SSSR count).